The van der Waals surface area contributed by atoms with Crippen LogP contribution in [0.4, 0.5) is 0 Å². The highest BCUT2D eigenvalue weighted by Crippen LogP contribution is 2.19. The van der Waals surface area contributed by atoms with Crippen molar-refractivity contribution in [3.8, 4) is 0 Å². The van der Waals surface area contributed by atoms with Crippen molar-refractivity contribution in [2.24, 2.45) is 0 Å². The van der Waals surface area contributed by atoms with Crippen LogP contribution in [0, 0.1) is 6.92 Å². The molecule has 0 amide bonds. The van der Waals surface area contributed by atoms with Gasteiger partial charge in [0, 0.05) is 11.8 Å². The highest BCUT2D eigenvalue weighted by Gasteiger charge is 2.12. The molecule has 0 bridgehead atoms. The number of aliphatic hydroxyl groups excluding tert-OH is 1. The van der Waals surface area contributed by atoms with Crippen LogP contribution in [0.2, 0.25) is 0 Å². The van der Waals surface area contributed by atoms with E-state index >= 15 is 0 Å². The predicted octanol–water partition coefficient (Wildman–Crippen LogP) is 1.46. The molecule has 14 heavy (non-hydrogen) atoms. The van der Waals surface area contributed by atoms with Crippen LogP contribution in [-0.4, -0.2) is 15.1 Å². The van der Waals surface area contributed by atoms with Crippen LogP contribution in [-0.2, 0) is 0 Å². The van der Waals surface area contributed by atoms with Gasteiger partial charge in [-0.25, -0.2) is 0 Å². The van der Waals surface area contributed by atoms with Gasteiger partial charge in [-0.3, -0.25) is 9.97 Å². The summed E-state index contributed by atoms with van der Waals surface area (Å²) in [4.78, 5) is 8.14. The number of hydrogen-bond acceptors (Lipinski definition) is 4. The molecular formula is C10H10N2O2. The minimum absolute atomic E-state index is 0.525. The van der Waals surface area contributed by atoms with Crippen LogP contribution >= 0.6 is 0 Å². The Morgan fingerprint density at radius 3 is 2.79 bits per heavy atom. The van der Waals surface area contributed by atoms with Gasteiger partial charge in [-0.15, -0.1) is 0 Å². The Kier molecular flexibility index (Phi) is 2.28. The summed E-state index contributed by atoms with van der Waals surface area (Å²) >= 11 is 0. The first-order chi connectivity index (χ1) is 6.77. The number of nitrogens with zero attached hydrogens (tertiary/aromatic N) is 2. The molecule has 0 fully saturated rings. The van der Waals surface area contributed by atoms with Crippen molar-refractivity contribution in [1.29, 1.82) is 0 Å². The lowest BCUT2D eigenvalue weighted by atomic mass is 10.1. The SMILES string of the molecule is Cc1cnc(C(O)c2ccoc2)cn1. The number of aromatic nitrogens is 2. The van der Waals surface area contributed by atoms with Crippen molar-refractivity contribution < 1.29 is 9.52 Å². The zero-order valence-electron chi connectivity index (χ0n) is 7.71. The molecule has 72 valence electrons. The number of aliphatic hydroxyl groups is 1. The quantitative estimate of drug-likeness (QED) is 0.778. The topological polar surface area (TPSA) is 59.2 Å². The third-order valence-electron chi connectivity index (χ3n) is 1.94. The van der Waals surface area contributed by atoms with Gasteiger partial charge in [0.05, 0.1) is 30.1 Å². The summed E-state index contributed by atoms with van der Waals surface area (Å²) in [7, 11) is 0. The van der Waals surface area contributed by atoms with Crippen LogP contribution in [0.5, 0.6) is 0 Å². The number of aryl methyl sites for hydroxylation is 1. The number of furan rings is 1. The molecule has 2 aromatic heterocycles. The normalized spacial score (nSPS) is 12.7. The molecule has 1 atom stereocenters. The molecule has 0 aromatic carbocycles. The van der Waals surface area contributed by atoms with Gasteiger partial charge >= 0.3 is 0 Å². The molecule has 2 aromatic rings. The van der Waals surface area contributed by atoms with Gasteiger partial charge in [-0.05, 0) is 13.0 Å². The van der Waals surface area contributed by atoms with Gasteiger partial charge in [0.1, 0.15) is 6.10 Å². The van der Waals surface area contributed by atoms with E-state index in [0.717, 1.165) is 5.69 Å². The summed E-state index contributed by atoms with van der Waals surface area (Å²) in [6.07, 6.45) is 5.43. The van der Waals surface area contributed by atoms with Crippen LogP contribution in [0.15, 0.2) is 35.4 Å². The minimum Gasteiger partial charge on any atom is -0.472 e. The molecule has 4 heteroatoms. The first-order valence-electron chi connectivity index (χ1n) is 4.26. The number of hydrogen-bond donors (Lipinski definition) is 1. The molecule has 0 spiro atoms. The van der Waals surface area contributed by atoms with E-state index in [9.17, 15) is 5.11 Å². The van der Waals surface area contributed by atoms with Crippen molar-refractivity contribution in [2.75, 3.05) is 0 Å². The van der Waals surface area contributed by atoms with Gasteiger partial charge < -0.3 is 9.52 Å². The van der Waals surface area contributed by atoms with Crippen LogP contribution in [0.1, 0.15) is 23.1 Å². The summed E-state index contributed by atoms with van der Waals surface area (Å²) in [5.74, 6) is 0. The van der Waals surface area contributed by atoms with E-state index in [1.165, 1.54) is 12.5 Å². The maximum absolute atomic E-state index is 9.81. The van der Waals surface area contributed by atoms with Crippen molar-refractivity contribution in [1.82, 2.24) is 9.97 Å². The van der Waals surface area contributed by atoms with Crippen molar-refractivity contribution in [2.45, 2.75) is 13.0 Å². The van der Waals surface area contributed by atoms with Gasteiger partial charge in [0.15, 0.2) is 0 Å². The molecule has 0 radical (unpaired) electrons. The average molecular weight is 190 g/mol. The molecule has 4 nitrogen and oxygen atoms in total. The smallest absolute Gasteiger partial charge is 0.126 e. The van der Waals surface area contributed by atoms with Crippen LogP contribution < -0.4 is 0 Å². The third-order valence-corrected chi connectivity index (χ3v) is 1.94. The Morgan fingerprint density at radius 2 is 2.21 bits per heavy atom. The Balaban J connectivity index is 2.28. The fraction of sp³-hybridized carbons (Fsp3) is 0.200. The second-order valence-corrected chi connectivity index (χ2v) is 3.04. The van der Waals surface area contributed by atoms with Gasteiger partial charge in [-0.2, -0.15) is 0 Å². The first-order valence-corrected chi connectivity index (χ1v) is 4.26. The van der Waals surface area contributed by atoms with Gasteiger partial charge in [0.25, 0.3) is 0 Å². The van der Waals surface area contributed by atoms with Crippen molar-refractivity contribution in [3.05, 3.63) is 47.9 Å². The lowest BCUT2D eigenvalue weighted by Gasteiger charge is -2.06. The summed E-state index contributed by atoms with van der Waals surface area (Å²) in [5.41, 5.74) is 2.04. The fourth-order valence-corrected chi connectivity index (χ4v) is 1.15. The monoisotopic (exact) mass is 190 g/mol. The molecular weight excluding hydrogens is 180 g/mol. The van der Waals surface area contributed by atoms with Crippen molar-refractivity contribution in [3.63, 3.8) is 0 Å². The van der Waals surface area contributed by atoms with E-state index in [1.54, 1.807) is 18.5 Å². The first kappa shape index (κ1) is 8.90. The molecule has 0 aliphatic rings. The van der Waals surface area contributed by atoms with E-state index in [0.29, 0.717) is 11.3 Å². The van der Waals surface area contributed by atoms with E-state index in [4.69, 9.17) is 4.42 Å². The van der Waals surface area contributed by atoms with Gasteiger partial charge in [-0.1, -0.05) is 0 Å². The minimum atomic E-state index is -0.762. The molecule has 1 N–H and O–H groups in total. The zero-order valence-corrected chi connectivity index (χ0v) is 7.71. The Morgan fingerprint density at radius 1 is 1.36 bits per heavy atom. The number of rotatable bonds is 2. The molecule has 0 saturated carbocycles. The maximum Gasteiger partial charge on any atom is 0.126 e. The van der Waals surface area contributed by atoms with Crippen molar-refractivity contribution >= 4 is 0 Å². The highest BCUT2D eigenvalue weighted by molar-refractivity contribution is 5.19. The lowest BCUT2D eigenvalue weighted by Crippen LogP contribution is -2.02. The molecule has 2 rings (SSSR count). The highest BCUT2D eigenvalue weighted by atomic mass is 16.3. The Bertz CT molecular complexity index is 395. The maximum atomic E-state index is 9.81. The second kappa shape index (κ2) is 3.59. The second-order valence-electron chi connectivity index (χ2n) is 3.04. The average Bonchev–Trinajstić information content (AvgIpc) is 2.71. The summed E-state index contributed by atoms with van der Waals surface area (Å²) in [6, 6.07) is 1.70. The molecule has 0 saturated heterocycles. The zero-order chi connectivity index (χ0) is 9.97. The van der Waals surface area contributed by atoms with Crippen LogP contribution in [0.25, 0.3) is 0 Å². The van der Waals surface area contributed by atoms with E-state index in [2.05, 4.69) is 9.97 Å². The standard InChI is InChI=1S/C10H10N2O2/c1-7-4-12-9(5-11-7)10(13)8-2-3-14-6-8/h2-6,10,13H,1H3. The summed E-state index contributed by atoms with van der Waals surface area (Å²) in [6.45, 7) is 1.85. The Hall–Kier alpha value is -1.68. The molecule has 0 aliphatic heterocycles. The largest absolute Gasteiger partial charge is 0.472 e. The van der Waals surface area contributed by atoms with E-state index in [-0.39, 0.29) is 0 Å². The van der Waals surface area contributed by atoms with Gasteiger partial charge in [0.2, 0.25) is 0 Å². The summed E-state index contributed by atoms with van der Waals surface area (Å²) in [5, 5.41) is 9.81. The lowest BCUT2D eigenvalue weighted by molar-refractivity contribution is 0.213. The molecule has 0 aliphatic carbocycles. The predicted molar refractivity (Wildman–Crippen MR) is 49.5 cm³/mol. The Labute approximate surface area is 81.2 Å². The fourth-order valence-electron chi connectivity index (χ4n) is 1.15. The van der Waals surface area contributed by atoms with E-state index < -0.39 is 6.10 Å². The third kappa shape index (κ3) is 1.65. The molecule has 2 heterocycles. The van der Waals surface area contributed by atoms with Crippen LogP contribution in [0.3, 0.4) is 0 Å². The molecule has 1 unspecified atom stereocenters. The summed E-state index contributed by atoms with van der Waals surface area (Å²) < 4.78 is 4.87. The van der Waals surface area contributed by atoms with E-state index in [1.807, 2.05) is 6.92 Å².